The zero-order chi connectivity index (χ0) is 23.3. The highest BCUT2D eigenvalue weighted by atomic mass is 19.1. The number of ether oxygens (including phenoxy) is 1. The second-order valence-corrected chi connectivity index (χ2v) is 7.91. The van der Waals surface area contributed by atoms with E-state index in [0.717, 1.165) is 0 Å². The van der Waals surface area contributed by atoms with Gasteiger partial charge in [-0.05, 0) is 12.1 Å². The molecule has 1 aliphatic rings. The predicted octanol–water partition coefficient (Wildman–Crippen LogP) is 3.77. The van der Waals surface area contributed by atoms with Crippen LogP contribution in [-0.4, -0.2) is 54.2 Å². The molecule has 3 rings (SSSR count). The van der Waals surface area contributed by atoms with Gasteiger partial charge < -0.3 is 9.64 Å². The largest absolute Gasteiger partial charge is 0.383 e. The fourth-order valence-electron chi connectivity index (χ4n) is 3.66. The Bertz CT molecular complexity index is 1010. The molecular formula is C24H27F2N3O3. The summed E-state index contributed by atoms with van der Waals surface area (Å²) < 4.78 is 34.1. The van der Waals surface area contributed by atoms with E-state index in [0.29, 0.717) is 5.71 Å². The maximum absolute atomic E-state index is 14.6. The summed E-state index contributed by atoms with van der Waals surface area (Å²) >= 11 is 0. The van der Waals surface area contributed by atoms with Crippen molar-refractivity contribution in [1.29, 1.82) is 0 Å². The molecule has 1 heterocycles. The van der Waals surface area contributed by atoms with Gasteiger partial charge >= 0.3 is 0 Å². The van der Waals surface area contributed by atoms with Crippen LogP contribution in [0.15, 0.2) is 53.6 Å². The number of benzene rings is 2. The van der Waals surface area contributed by atoms with Crippen molar-refractivity contribution in [3.63, 3.8) is 0 Å². The number of nitrogens with zero attached hydrogens (tertiary/aromatic N) is 3. The Labute approximate surface area is 186 Å². The fourth-order valence-corrected chi connectivity index (χ4v) is 3.66. The van der Waals surface area contributed by atoms with E-state index in [1.807, 2.05) is 0 Å². The van der Waals surface area contributed by atoms with Crippen LogP contribution >= 0.6 is 0 Å². The summed E-state index contributed by atoms with van der Waals surface area (Å²) in [6, 6.07) is 11.5. The molecule has 2 aromatic carbocycles. The van der Waals surface area contributed by atoms with Crippen molar-refractivity contribution in [1.82, 2.24) is 9.91 Å². The SMILES string of the molecule is COCCN(CC(=O)N1N=C(c2ccccc2F)C[C@H]1c1ccccc1F)C(=O)C(C)C. The van der Waals surface area contributed by atoms with Crippen LogP contribution in [0, 0.1) is 17.6 Å². The lowest BCUT2D eigenvalue weighted by Gasteiger charge is -2.28. The highest BCUT2D eigenvalue weighted by molar-refractivity contribution is 6.03. The number of hydrogen-bond donors (Lipinski definition) is 0. The first-order chi connectivity index (χ1) is 15.3. The average molecular weight is 443 g/mol. The van der Waals surface area contributed by atoms with Crippen LogP contribution in [0.1, 0.15) is 37.4 Å². The summed E-state index contributed by atoms with van der Waals surface area (Å²) in [5.74, 6) is -1.93. The number of hydrazone groups is 1. The second kappa shape index (κ2) is 10.5. The standard InChI is InChI=1S/C24H27F2N3O3/c1-16(2)24(31)28(12-13-32-3)15-23(30)29-22(18-9-5-7-11-20(18)26)14-21(27-29)17-8-4-6-10-19(17)25/h4-11,16,22H,12-15H2,1-3H3/t22-/m0/s1. The van der Waals surface area contributed by atoms with Crippen LogP contribution in [0.2, 0.25) is 0 Å². The Morgan fingerprint density at radius 1 is 1.12 bits per heavy atom. The Morgan fingerprint density at radius 2 is 1.78 bits per heavy atom. The van der Waals surface area contributed by atoms with Gasteiger partial charge in [0.2, 0.25) is 5.91 Å². The molecule has 0 saturated heterocycles. The predicted molar refractivity (Wildman–Crippen MR) is 117 cm³/mol. The van der Waals surface area contributed by atoms with Crippen molar-refractivity contribution in [3.8, 4) is 0 Å². The fraction of sp³-hybridized carbons (Fsp3) is 0.375. The van der Waals surface area contributed by atoms with E-state index in [1.165, 1.54) is 29.2 Å². The summed E-state index contributed by atoms with van der Waals surface area (Å²) in [6.45, 7) is 3.77. The number of carbonyl (C=O) groups is 2. The zero-order valence-corrected chi connectivity index (χ0v) is 18.4. The number of amides is 2. The van der Waals surface area contributed by atoms with Gasteiger partial charge in [0.05, 0.1) is 18.4 Å². The Hall–Kier alpha value is -3.13. The molecule has 0 fully saturated rings. The number of hydrogen-bond acceptors (Lipinski definition) is 4. The lowest BCUT2D eigenvalue weighted by molar-refractivity contribution is -0.143. The van der Waals surface area contributed by atoms with Crippen LogP contribution in [-0.2, 0) is 14.3 Å². The lowest BCUT2D eigenvalue weighted by Crippen LogP contribution is -2.44. The van der Waals surface area contributed by atoms with Gasteiger partial charge in [-0.25, -0.2) is 13.8 Å². The summed E-state index contributed by atoms with van der Waals surface area (Å²) in [5, 5.41) is 5.55. The third-order valence-electron chi connectivity index (χ3n) is 5.31. The molecule has 0 aliphatic carbocycles. The van der Waals surface area contributed by atoms with Crippen molar-refractivity contribution in [2.45, 2.75) is 26.3 Å². The van der Waals surface area contributed by atoms with Crippen LogP contribution in [0.4, 0.5) is 8.78 Å². The van der Waals surface area contributed by atoms with E-state index in [2.05, 4.69) is 5.10 Å². The van der Waals surface area contributed by atoms with Gasteiger partial charge in [-0.2, -0.15) is 5.10 Å². The smallest absolute Gasteiger partial charge is 0.262 e. The molecule has 170 valence electrons. The monoisotopic (exact) mass is 443 g/mol. The molecule has 0 bridgehead atoms. The van der Waals surface area contributed by atoms with E-state index in [9.17, 15) is 18.4 Å². The number of methoxy groups -OCH3 is 1. The third-order valence-corrected chi connectivity index (χ3v) is 5.31. The molecule has 2 amide bonds. The summed E-state index contributed by atoms with van der Waals surface area (Å²) in [6.07, 6.45) is 0.157. The molecule has 0 spiro atoms. The van der Waals surface area contributed by atoms with Crippen LogP contribution in [0.3, 0.4) is 0 Å². The van der Waals surface area contributed by atoms with E-state index < -0.39 is 23.6 Å². The first kappa shape index (κ1) is 23.5. The minimum atomic E-state index is -0.739. The quantitative estimate of drug-likeness (QED) is 0.624. The zero-order valence-electron chi connectivity index (χ0n) is 18.4. The summed E-state index contributed by atoms with van der Waals surface area (Å²) in [5.41, 5.74) is 0.900. The van der Waals surface area contributed by atoms with Crippen molar-refractivity contribution < 1.29 is 23.1 Å². The maximum atomic E-state index is 14.6. The number of rotatable bonds is 8. The van der Waals surface area contributed by atoms with Crippen molar-refractivity contribution in [3.05, 3.63) is 71.3 Å². The van der Waals surface area contributed by atoms with E-state index >= 15 is 0 Å². The van der Waals surface area contributed by atoms with Gasteiger partial charge in [0.1, 0.15) is 18.2 Å². The number of halogens is 2. The van der Waals surface area contributed by atoms with Gasteiger partial charge in [0, 0.05) is 37.1 Å². The summed E-state index contributed by atoms with van der Waals surface area (Å²) in [7, 11) is 1.51. The van der Waals surface area contributed by atoms with Crippen LogP contribution in [0.25, 0.3) is 0 Å². The Morgan fingerprint density at radius 3 is 2.41 bits per heavy atom. The molecular weight excluding hydrogens is 416 g/mol. The maximum Gasteiger partial charge on any atom is 0.262 e. The van der Waals surface area contributed by atoms with Gasteiger partial charge in [-0.3, -0.25) is 9.59 Å². The Kier molecular flexibility index (Phi) is 7.69. The van der Waals surface area contributed by atoms with Crippen molar-refractivity contribution >= 4 is 17.5 Å². The van der Waals surface area contributed by atoms with Gasteiger partial charge in [-0.1, -0.05) is 50.2 Å². The van der Waals surface area contributed by atoms with Crippen molar-refractivity contribution in [2.24, 2.45) is 11.0 Å². The van der Waals surface area contributed by atoms with Crippen LogP contribution < -0.4 is 0 Å². The van der Waals surface area contributed by atoms with Gasteiger partial charge in [-0.15, -0.1) is 0 Å². The van der Waals surface area contributed by atoms with E-state index in [-0.39, 0.29) is 49.1 Å². The van der Waals surface area contributed by atoms with E-state index in [4.69, 9.17) is 4.74 Å². The molecule has 2 aromatic rings. The second-order valence-electron chi connectivity index (χ2n) is 7.91. The molecule has 0 radical (unpaired) electrons. The summed E-state index contributed by atoms with van der Waals surface area (Å²) in [4.78, 5) is 27.3. The molecule has 0 saturated carbocycles. The third kappa shape index (κ3) is 5.19. The topological polar surface area (TPSA) is 62.2 Å². The molecule has 32 heavy (non-hydrogen) atoms. The molecule has 1 atom stereocenters. The highest BCUT2D eigenvalue weighted by Crippen LogP contribution is 2.34. The average Bonchev–Trinajstić information content (AvgIpc) is 3.21. The van der Waals surface area contributed by atoms with Crippen molar-refractivity contribution in [2.75, 3.05) is 26.8 Å². The van der Waals surface area contributed by atoms with Crippen LogP contribution in [0.5, 0.6) is 0 Å². The van der Waals surface area contributed by atoms with Gasteiger partial charge in [0.15, 0.2) is 0 Å². The molecule has 1 aliphatic heterocycles. The lowest BCUT2D eigenvalue weighted by atomic mass is 9.97. The minimum absolute atomic E-state index is 0.157. The molecule has 0 unspecified atom stereocenters. The first-order valence-electron chi connectivity index (χ1n) is 10.5. The first-order valence-corrected chi connectivity index (χ1v) is 10.5. The molecule has 6 nitrogen and oxygen atoms in total. The molecule has 8 heteroatoms. The molecule has 0 aromatic heterocycles. The van der Waals surface area contributed by atoms with E-state index in [1.54, 1.807) is 50.2 Å². The van der Waals surface area contributed by atoms with Gasteiger partial charge in [0.25, 0.3) is 5.91 Å². The Balaban J connectivity index is 1.94. The normalized spacial score (nSPS) is 15.8. The highest BCUT2D eigenvalue weighted by Gasteiger charge is 2.36. The minimum Gasteiger partial charge on any atom is -0.383 e. The molecule has 0 N–H and O–H groups in total. The number of carbonyl (C=O) groups excluding carboxylic acids is 2.